The molecular formula is C20H24N4O2S. The van der Waals surface area contributed by atoms with Gasteiger partial charge < -0.3 is 10.1 Å². The molecular weight excluding hydrogens is 360 g/mol. The highest BCUT2D eigenvalue weighted by Gasteiger charge is 2.22. The third kappa shape index (κ3) is 3.69. The van der Waals surface area contributed by atoms with E-state index in [1.54, 1.807) is 18.8 Å². The van der Waals surface area contributed by atoms with E-state index in [0.717, 1.165) is 16.8 Å². The van der Waals surface area contributed by atoms with Crippen LogP contribution in [-0.2, 0) is 0 Å². The van der Waals surface area contributed by atoms with E-state index in [0.29, 0.717) is 22.4 Å². The highest BCUT2D eigenvalue weighted by Crippen LogP contribution is 2.35. The number of amides is 1. The monoisotopic (exact) mass is 384 g/mol. The number of ether oxygens (including phenoxy) is 1. The average Bonchev–Trinajstić information content (AvgIpc) is 3.37. The topological polar surface area (TPSA) is 69.0 Å². The molecule has 1 fully saturated rings. The molecule has 1 aliphatic rings. The van der Waals surface area contributed by atoms with Crippen LogP contribution in [0.5, 0.6) is 5.75 Å². The number of hydrogen-bond acceptors (Lipinski definition) is 5. The van der Waals surface area contributed by atoms with Crippen LogP contribution in [0.15, 0.2) is 30.0 Å². The fourth-order valence-corrected chi connectivity index (χ4v) is 4.37. The first kappa shape index (κ1) is 18.0. The van der Waals surface area contributed by atoms with Crippen molar-refractivity contribution in [3.8, 4) is 5.75 Å². The number of rotatable bonds is 5. The summed E-state index contributed by atoms with van der Waals surface area (Å²) in [5.74, 6) is 1.29. The molecule has 1 aromatic carbocycles. The molecule has 0 bridgehead atoms. The number of fused-ring (bicyclic) bond motifs is 1. The van der Waals surface area contributed by atoms with Crippen LogP contribution in [0, 0.1) is 5.92 Å². The highest BCUT2D eigenvalue weighted by molar-refractivity contribution is 7.11. The van der Waals surface area contributed by atoms with Gasteiger partial charge in [-0.05, 0) is 37.7 Å². The number of hydrogen-bond donors (Lipinski definition) is 1. The van der Waals surface area contributed by atoms with Gasteiger partial charge in [-0.3, -0.25) is 14.5 Å². The van der Waals surface area contributed by atoms with Crippen molar-refractivity contribution >= 4 is 33.8 Å². The summed E-state index contributed by atoms with van der Waals surface area (Å²) >= 11 is 1.31. The van der Waals surface area contributed by atoms with E-state index in [1.807, 2.05) is 12.1 Å². The molecule has 142 valence electrons. The van der Waals surface area contributed by atoms with Gasteiger partial charge in [0.05, 0.1) is 36.1 Å². The number of aromatic nitrogens is 3. The van der Waals surface area contributed by atoms with Gasteiger partial charge in [0.2, 0.25) is 0 Å². The van der Waals surface area contributed by atoms with Gasteiger partial charge in [0, 0.05) is 17.6 Å². The van der Waals surface area contributed by atoms with E-state index in [9.17, 15) is 4.79 Å². The fraction of sp³-hybridized carbons (Fsp3) is 0.450. The summed E-state index contributed by atoms with van der Waals surface area (Å²) in [6, 6.07) is 4.29. The van der Waals surface area contributed by atoms with Crippen molar-refractivity contribution in [2.24, 2.45) is 5.92 Å². The van der Waals surface area contributed by atoms with Gasteiger partial charge in [-0.15, -0.1) is 11.3 Å². The predicted octanol–water partition coefficient (Wildman–Crippen LogP) is 4.90. The summed E-state index contributed by atoms with van der Waals surface area (Å²) in [6.45, 7) is 2.28. The van der Waals surface area contributed by atoms with E-state index in [-0.39, 0.29) is 5.91 Å². The normalized spacial score (nSPS) is 19.9. The fourth-order valence-electron chi connectivity index (χ4n) is 3.85. The SMILES string of the molecule is CC[C@H]1CC[C@H](n2cc3cc(NC(=O)c4cncs4)c(OC)cc3n2)CC1. The van der Waals surface area contributed by atoms with Crippen LogP contribution >= 0.6 is 11.3 Å². The molecule has 0 spiro atoms. The van der Waals surface area contributed by atoms with Crippen LogP contribution in [0.2, 0.25) is 0 Å². The van der Waals surface area contributed by atoms with Crippen molar-refractivity contribution < 1.29 is 9.53 Å². The molecule has 0 saturated heterocycles. The maximum absolute atomic E-state index is 12.4. The van der Waals surface area contributed by atoms with Crippen molar-refractivity contribution in [1.82, 2.24) is 14.8 Å². The number of benzene rings is 1. The lowest BCUT2D eigenvalue weighted by molar-refractivity contribution is 0.103. The summed E-state index contributed by atoms with van der Waals surface area (Å²) < 4.78 is 7.58. The molecule has 1 aliphatic carbocycles. The lowest BCUT2D eigenvalue weighted by Crippen LogP contribution is -2.18. The Bertz CT molecular complexity index is 927. The number of carbonyl (C=O) groups is 1. The zero-order valence-corrected chi connectivity index (χ0v) is 16.5. The molecule has 3 aromatic rings. The van der Waals surface area contributed by atoms with E-state index in [4.69, 9.17) is 9.84 Å². The quantitative estimate of drug-likeness (QED) is 0.680. The van der Waals surface area contributed by atoms with Gasteiger partial charge in [-0.1, -0.05) is 13.3 Å². The zero-order chi connectivity index (χ0) is 18.8. The molecule has 2 aromatic heterocycles. The van der Waals surface area contributed by atoms with Crippen LogP contribution in [0.25, 0.3) is 10.9 Å². The van der Waals surface area contributed by atoms with Crippen LogP contribution in [0.4, 0.5) is 5.69 Å². The molecule has 0 radical (unpaired) electrons. The summed E-state index contributed by atoms with van der Waals surface area (Å²) in [4.78, 5) is 16.9. The van der Waals surface area contributed by atoms with Crippen LogP contribution in [0.3, 0.4) is 0 Å². The van der Waals surface area contributed by atoms with E-state index in [2.05, 4.69) is 28.1 Å². The Morgan fingerprint density at radius 1 is 1.33 bits per heavy atom. The highest BCUT2D eigenvalue weighted by atomic mass is 32.1. The van der Waals surface area contributed by atoms with E-state index in [1.165, 1.54) is 43.4 Å². The molecule has 4 rings (SSSR count). The average molecular weight is 385 g/mol. The molecule has 0 atom stereocenters. The van der Waals surface area contributed by atoms with Crippen LogP contribution < -0.4 is 10.1 Å². The Morgan fingerprint density at radius 2 is 2.15 bits per heavy atom. The summed E-state index contributed by atoms with van der Waals surface area (Å²) in [5.41, 5.74) is 3.19. The molecule has 1 N–H and O–H groups in total. The Balaban J connectivity index is 1.59. The summed E-state index contributed by atoms with van der Waals surface area (Å²) in [5, 5.41) is 8.72. The predicted molar refractivity (Wildman–Crippen MR) is 108 cm³/mol. The summed E-state index contributed by atoms with van der Waals surface area (Å²) in [7, 11) is 1.60. The minimum absolute atomic E-state index is 0.180. The third-order valence-electron chi connectivity index (χ3n) is 5.52. The number of methoxy groups -OCH3 is 1. The minimum Gasteiger partial charge on any atom is -0.494 e. The molecule has 1 saturated carbocycles. The number of thiazole rings is 1. The van der Waals surface area contributed by atoms with Crippen molar-refractivity contribution in [3.63, 3.8) is 0 Å². The molecule has 27 heavy (non-hydrogen) atoms. The number of carbonyl (C=O) groups excluding carboxylic acids is 1. The van der Waals surface area contributed by atoms with Gasteiger partial charge in [0.15, 0.2) is 0 Å². The lowest BCUT2D eigenvalue weighted by Gasteiger charge is -2.27. The van der Waals surface area contributed by atoms with Crippen molar-refractivity contribution in [3.05, 3.63) is 34.9 Å². The zero-order valence-electron chi connectivity index (χ0n) is 15.6. The Hall–Kier alpha value is -2.41. The number of anilines is 1. The Labute approximate surface area is 162 Å². The molecule has 2 heterocycles. The molecule has 0 aliphatic heterocycles. The molecule has 1 amide bonds. The second-order valence-corrected chi connectivity index (χ2v) is 8.01. The van der Waals surface area contributed by atoms with Crippen molar-refractivity contribution in [2.75, 3.05) is 12.4 Å². The second kappa shape index (κ2) is 7.68. The summed E-state index contributed by atoms with van der Waals surface area (Å²) in [6.07, 6.45) is 9.84. The van der Waals surface area contributed by atoms with Gasteiger partial charge in [0.1, 0.15) is 10.6 Å². The lowest BCUT2D eigenvalue weighted by atomic mass is 9.85. The largest absolute Gasteiger partial charge is 0.494 e. The Morgan fingerprint density at radius 3 is 2.81 bits per heavy atom. The molecule has 0 unspecified atom stereocenters. The van der Waals surface area contributed by atoms with Gasteiger partial charge >= 0.3 is 0 Å². The first-order valence-electron chi connectivity index (χ1n) is 9.44. The molecule has 6 nitrogen and oxygen atoms in total. The van der Waals surface area contributed by atoms with Crippen LogP contribution in [0.1, 0.15) is 54.7 Å². The maximum Gasteiger partial charge on any atom is 0.267 e. The van der Waals surface area contributed by atoms with Crippen LogP contribution in [-0.4, -0.2) is 27.8 Å². The van der Waals surface area contributed by atoms with E-state index < -0.39 is 0 Å². The number of nitrogens with zero attached hydrogens (tertiary/aromatic N) is 3. The van der Waals surface area contributed by atoms with Gasteiger partial charge in [-0.25, -0.2) is 0 Å². The maximum atomic E-state index is 12.4. The van der Waals surface area contributed by atoms with Crippen molar-refractivity contribution in [2.45, 2.75) is 45.1 Å². The van der Waals surface area contributed by atoms with Gasteiger partial charge in [-0.2, -0.15) is 5.10 Å². The van der Waals surface area contributed by atoms with E-state index >= 15 is 0 Å². The smallest absolute Gasteiger partial charge is 0.267 e. The Kier molecular flexibility index (Phi) is 5.11. The second-order valence-electron chi connectivity index (χ2n) is 7.12. The third-order valence-corrected chi connectivity index (χ3v) is 6.29. The van der Waals surface area contributed by atoms with Crippen molar-refractivity contribution in [1.29, 1.82) is 0 Å². The first-order chi connectivity index (χ1) is 13.2. The standard InChI is InChI=1S/C20H24N4O2S/c1-3-13-4-6-15(7-5-13)24-11-14-8-17(18(26-2)9-16(14)23-24)22-20(25)19-10-21-12-27-19/h8-13,15H,3-7H2,1-2H3,(H,22,25)/t13-,15-. The number of nitrogens with one attached hydrogen (secondary N) is 1. The molecule has 7 heteroatoms. The van der Waals surface area contributed by atoms with Gasteiger partial charge in [0.25, 0.3) is 5.91 Å². The minimum atomic E-state index is -0.180. The first-order valence-corrected chi connectivity index (χ1v) is 10.3.